The van der Waals surface area contributed by atoms with Crippen LogP contribution in [0.4, 0.5) is 26.3 Å². The van der Waals surface area contributed by atoms with Crippen molar-refractivity contribution in [1.29, 1.82) is 0 Å². The fraction of sp³-hybridized carbons (Fsp3) is 0.500. The molecule has 0 saturated carbocycles. The second-order valence-electron chi connectivity index (χ2n) is 12.2. The van der Waals surface area contributed by atoms with E-state index < -0.39 is 101 Å². The summed E-state index contributed by atoms with van der Waals surface area (Å²) >= 11 is 0.730. The Morgan fingerprint density at radius 1 is 0.894 bits per heavy atom. The van der Waals surface area contributed by atoms with Crippen molar-refractivity contribution in [1.82, 2.24) is 4.72 Å². The maximum absolute atomic E-state index is 13.9. The SMILES string of the molecule is O=C(OC1C2NS(=O)(=O)C3C2SC1C3C(=O)OC(CS(=O)(=O)[O-])(C(F)(F)F)C(F)(F)F)C1CC2c3ccccc3C1c1ccccc12. The van der Waals surface area contributed by atoms with Gasteiger partial charge in [0.15, 0.2) is 0 Å². The molecule has 10 nitrogen and oxygen atoms in total. The molecule has 254 valence electrons. The lowest BCUT2D eigenvalue weighted by molar-refractivity contribution is -0.362. The van der Waals surface area contributed by atoms with Crippen molar-refractivity contribution in [2.24, 2.45) is 11.8 Å². The van der Waals surface area contributed by atoms with Crippen LogP contribution in [0.25, 0.3) is 0 Å². The predicted molar refractivity (Wildman–Crippen MR) is 148 cm³/mol. The van der Waals surface area contributed by atoms with E-state index >= 15 is 0 Å². The Morgan fingerprint density at radius 3 is 1.94 bits per heavy atom. The van der Waals surface area contributed by atoms with E-state index in [0.717, 1.165) is 34.0 Å². The smallest absolute Gasteiger partial charge is 0.438 e. The van der Waals surface area contributed by atoms with E-state index in [4.69, 9.17) is 4.74 Å². The number of halogens is 6. The van der Waals surface area contributed by atoms with Gasteiger partial charge < -0.3 is 14.0 Å². The van der Waals surface area contributed by atoms with Crippen LogP contribution in [0.2, 0.25) is 0 Å². The molecule has 47 heavy (non-hydrogen) atoms. The molecule has 3 aliphatic heterocycles. The minimum atomic E-state index is -6.64. The molecule has 0 radical (unpaired) electrons. The standard InChI is InChI=1S/C28H23F6NO9S3/c29-27(30,31)26(28(32,33)34,10-46(38,39)40)44-25(37)18-21-20(19-22(45-21)23(18)47(41,42)35-19)43-24(36)16-9-15-11-5-1-3-7-13(11)17(16)14-8-4-2-6-12(14)15/h1-8,15-23,35H,9-10H2,(H,38,39,40)/p-1. The molecule has 7 unspecified atom stereocenters. The lowest BCUT2D eigenvalue weighted by atomic mass is 9.59. The Labute approximate surface area is 267 Å². The number of nitrogens with one attached hydrogen (secondary N) is 1. The molecule has 3 fully saturated rings. The van der Waals surface area contributed by atoms with Gasteiger partial charge in [-0.2, -0.15) is 26.3 Å². The molecule has 8 rings (SSSR count). The normalized spacial score (nSPS) is 33.3. The highest BCUT2D eigenvalue weighted by Crippen LogP contribution is 2.59. The average molecular weight is 727 g/mol. The van der Waals surface area contributed by atoms with E-state index in [0.29, 0.717) is 6.42 Å². The topological polar surface area (TPSA) is 156 Å². The molecular formula is C28H22F6NO9S3-. The van der Waals surface area contributed by atoms with Crippen LogP contribution in [-0.4, -0.2) is 84.9 Å². The zero-order valence-corrected chi connectivity index (χ0v) is 25.8. The zero-order chi connectivity index (χ0) is 34.1. The summed E-state index contributed by atoms with van der Waals surface area (Å²) in [5.74, 6) is -10.1. The Kier molecular flexibility index (Phi) is 7.17. The molecule has 3 saturated heterocycles. The van der Waals surface area contributed by atoms with E-state index in [2.05, 4.69) is 9.46 Å². The van der Waals surface area contributed by atoms with Crippen molar-refractivity contribution in [2.75, 3.05) is 5.75 Å². The van der Waals surface area contributed by atoms with Gasteiger partial charge >= 0.3 is 29.9 Å². The number of carbonyl (C=O) groups is 2. The minimum absolute atomic E-state index is 0.188. The van der Waals surface area contributed by atoms with Crippen molar-refractivity contribution >= 4 is 43.8 Å². The predicted octanol–water partition coefficient (Wildman–Crippen LogP) is 2.93. The molecule has 7 atom stereocenters. The van der Waals surface area contributed by atoms with Gasteiger partial charge in [0, 0.05) is 17.1 Å². The largest absolute Gasteiger partial charge is 0.748 e. The van der Waals surface area contributed by atoms with Crippen LogP contribution >= 0.6 is 11.8 Å². The lowest BCUT2D eigenvalue weighted by Crippen LogP contribution is -2.64. The van der Waals surface area contributed by atoms with Crippen molar-refractivity contribution in [3.63, 3.8) is 0 Å². The number of carbonyl (C=O) groups excluding carboxylic acids is 2. The highest BCUT2D eigenvalue weighted by molar-refractivity contribution is 8.03. The van der Waals surface area contributed by atoms with E-state index in [1.165, 1.54) is 0 Å². The molecule has 3 aliphatic carbocycles. The quantitative estimate of drug-likeness (QED) is 0.267. The van der Waals surface area contributed by atoms with Gasteiger partial charge in [0.2, 0.25) is 10.0 Å². The molecule has 3 heterocycles. The summed E-state index contributed by atoms with van der Waals surface area (Å²) in [6.45, 7) is 0. The number of ether oxygens (including phenoxy) is 2. The van der Waals surface area contributed by atoms with E-state index in [1.807, 2.05) is 36.4 Å². The third-order valence-electron chi connectivity index (χ3n) is 9.74. The minimum Gasteiger partial charge on any atom is -0.748 e. The Morgan fingerprint density at radius 2 is 1.43 bits per heavy atom. The van der Waals surface area contributed by atoms with Crippen LogP contribution in [-0.2, 0) is 39.2 Å². The molecule has 0 aromatic heterocycles. The highest BCUT2D eigenvalue weighted by Gasteiger charge is 2.77. The molecule has 2 aromatic carbocycles. The van der Waals surface area contributed by atoms with Gasteiger partial charge in [-0.1, -0.05) is 48.5 Å². The zero-order valence-electron chi connectivity index (χ0n) is 23.4. The number of sulfonamides is 1. The molecule has 6 aliphatic rings. The van der Waals surface area contributed by atoms with Crippen LogP contribution in [0.15, 0.2) is 48.5 Å². The second-order valence-corrected chi connectivity index (χ2v) is 16.9. The summed E-state index contributed by atoms with van der Waals surface area (Å²) in [4.78, 5) is 27.1. The van der Waals surface area contributed by atoms with Crippen LogP contribution in [0, 0.1) is 11.8 Å². The van der Waals surface area contributed by atoms with E-state index in [1.54, 1.807) is 12.1 Å². The number of benzene rings is 2. The fourth-order valence-corrected chi connectivity index (χ4v) is 13.5. The molecule has 4 bridgehead atoms. The Bertz CT molecular complexity index is 1840. The molecule has 0 spiro atoms. The number of hydrogen-bond donors (Lipinski definition) is 1. The first-order chi connectivity index (χ1) is 21.8. The van der Waals surface area contributed by atoms with E-state index in [-0.39, 0.29) is 5.92 Å². The molecule has 19 heteroatoms. The number of esters is 2. The van der Waals surface area contributed by atoms with E-state index in [9.17, 15) is 57.3 Å². The molecule has 2 aromatic rings. The summed E-state index contributed by atoms with van der Waals surface area (Å²) < 4.78 is 155. The van der Waals surface area contributed by atoms with Crippen molar-refractivity contribution < 1.29 is 66.8 Å². The first-order valence-corrected chi connectivity index (χ1v) is 18.2. The Balaban J connectivity index is 1.21. The molecule has 1 N–H and O–H groups in total. The maximum Gasteiger partial charge on any atom is 0.438 e. The summed E-state index contributed by atoms with van der Waals surface area (Å²) in [6.07, 6.45) is -14.5. The summed E-state index contributed by atoms with van der Waals surface area (Å²) in [6, 6.07) is 13.8. The second kappa shape index (κ2) is 10.3. The average Bonchev–Trinajstić information content (AvgIpc) is 3.58. The number of hydrogen-bond acceptors (Lipinski definition) is 10. The van der Waals surface area contributed by atoms with Crippen LogP contribution in [0.3, 0.4) is 0 Å². The lowest BCUT2D eigenvalue weighted by Gasteiger charge is -2.45. The Hall–Kier alpha value is -2.87. The van der Waals surface area contributed by atoms with Gasteiger partial charge in [0.05, 0.1) is 39.0 Å². The maximum atomic E-state index is 13.9. The fourth-order valence-electron chi connectivity index (χ4n) is 7.92. The number of alkyl halides is 6. The van der Waals surface area contributed by atoms with Gasteiger partial charge in [-0.3, -0.25) is 9.59 Å². The van der Waals surface area contributed by atoms with Crippen molar-refractivity contribution in [2.45, 2.75) is 64.1 Å². The van der Waals surface area contributed by atoms with Crippen molar-refractivity contribution in [3.05, 3.63) is 70.8 Å². The number of thioether (sulfide) groups is 1. The van der Waals surface area contributed by atoms with Crippen LogP contribution < -0.4 is 4.72 Å². The molecule has 0 amide bonds. The number of rotatable bonds is 6. The first kappa shape index (κ1) is 32.7. The van der Waals surface area contributed by atoms with Gasteiger partial charge in [-0.15, -0.1) is 11.8 Å². The van der Waals surface area contributed by atoms with Gasteiger partial charge in [0.25, 0.3) is 0 Å². The summed E-state index contributed by atoms with van der Waals surface area (Å²) in [5, 5.41) is -4.48. The van der Waals surface area contributed by atoms with Gasteiger partial charge in [0.1, 0.15) is 11.4 Å². The third-order valence-corrected chi connectivity index (χ3v) is 14.4. The first-order valence-electron chi connectivity index (χ1n) is 14.1. The van der Waals surface area contributed by atoms with Gasteiger partial charge in [-0.05, 0) is 28.7 Å². The number of fused-ring (bicyclic) bond motifs is 2. The summed E-state index contributed by atoms with van der Waals surface area (Å²) in [7, 11) is -10.9. The van der Waals surface area contributed by atoms with Crippen LogP contribution in [0.5, 0.6) is 0 Å². The molecular weight excluding hydrogens is 704 g/mol. The summed E-state index contributed by atoms with van der Waals surface area (Å²) in [5.41, 5.74) is -2.00. The monoisotopic (exact) mass is 726 g/mol. The van der Waals surface area contributed by atoms with Gasteiger partial charge in [-0.25, -0.2) is 21.6 Å². The highest BCUT2D eigenvalue weighted by atomic mass is 32.2. The van der Waals surface area contributed by atoms with Crippen LogP contribution in [0.1, 0.15) is 40.5 Å². The third kappa shape index (κ3) is 4.81. The van der Waals surface area contributed by atoms with Crippen molar-refractivity contribution in [3.8, 4) is 0 Å².